The zero-order chi connectivity index (χ0) is 14.9. The predicted octanol–water partition coefficient (Wildman–Crippen LogP) is 4.14. The van der Waals surface area contributed by atoms with Crippen LogP contribution in [-0.4, -0.2) is 9.97 Å². The summed E-state index contributed by atoms with van der Waals surface area (Å²) in [4.78, 5) is 9.03. The molecule has 6 heteroatoms. The van der Waals surface area contributed by atoms with E-state index in [1.807, 2.05) is 24.3 Å². The van der Waals surface area contributed by atoms with Crippen molar-refractivity contribution in [1.29, 1.82) is 0 Å². The summed E-state index contributed by atoms with van der Waals surface area (Å²) >= 11 is 9.55. The number of nitrogens with one attached hydrogen (secondary N) is 1. The van der Waals surface area contributed by atoms with Crippen LogP contribution >= 0.6 is 27.5 Å². The van der Waals surface area contributed by atoms with Gasteiger partial charge in [0.2, 0.25) is 0 Å². The summed E-state index contributed by atoms with van der Waals surface area (Å²) < 4.78 is 0.885. The number of rotatable bonds is 2. The van der Waals surface area contributed by atoms with Crippen LogP contribution in [0.5, 0.6) is 0 Å². The minimum atomic E-state index is -0.103. The number of nitrogens with two attached hydrogens (primary N) is 1. The molecular formula is C14H16BrClN4. The lowest BCUT2D eigenvalue weighted by Gasteiger charge is -2.19. The number of hydrazine groups is 1. The first-order chi connectivity index (χ1) is 9.31. The van der Waals surface area contributed by atoms with E-state index in [0.29, 0.717) is 16.7 Å². The van der Waals surface area contributed by atoms with Gasteiger partial charge < -0.3 is 5.43 Å². The molecule has 0 amide bonds. The quantitative estimate of drug-likeness (QED) is 0.627. The largest absolute Gasteiger partial charge is 0.308 e. The number of nitrogens with zero attached hydrogens (tertiary/aromatic N) is 2. The maximum atomic E-state index is 6.05. The van der Waals surface area contributed by atoms with Crippen molar-refractivity contribution in [3.63, 3.8) is 0 Å². The highest BCUT2D eigenvalue weighted by Gasteiger charge is 2.19. The summed E-state index contributed by atoms with van der Waals surface area (Å²) in [6.45, 7) is 6.27. The Morgan fingerprint density at radius 2 is 1.90 bits per heavy atom. The SMILES string of the molecule is CC(C)(C)c1cc(NN)nc(-c2cc(Cl)ccc2Br)n1. The second-order valence-electron chi connectivity index (χ2n) is 5.48. The van der Waals surface area contributed by atoms with Gasteiger partial charge >= 0.3 is 0 Å². The molecule has 0 aliphatic rings. The van der Waals surface area contributed by atoms with Crippen LogP contribution in [0.1, 0.15) is 26.5 Å². The minimum absolute atomic E-state index is 0.103. The van der Waals surface area contributed by atoms with E-state index >= 15 is 0 Å². The van der Waals surface area contributed by atoms with E-state index in [4.69, 9.17) is 17.4 Å². The Bertz CT molecular complexity index is 638. The maximum absolute atomic E-state index is 6.05. The fourth-order valence-corrected chi connectivity index (χ4v) is 2.29. The maximum Gasteiger partial charge on any atom is 0.163 e. The second kappa shape index (κ2) is 5.68. The lowest BCUT2D eigenvalue weighted by Crippen LogP contribution is -2.17. The molecule has 2 aromatic rings. The third kappa shape index (κ3) is 3.29. The van der Waals surface area contributed by atoms with Crippen molar-refractivity contribution in [3.8, 4) is 11.4 Å². The zero-order valence-electron chi connectivity index (χ0n) is 11.5. The number of benzene rings is 1. The highest BCUT2D eigenvalue weighted by molar-refractivity contribution is 9.10. The molecule has 20 heavy (non-hydrogen) atoms. The fourth-order valence-electron chi connectivity index (χ4n) is 1.69. The van der Waals surface area contributed by atoms with E-state index in [0.717, 1.165) is 15.7 Å². The van der Waals surface area contributed by atoms with Crippen molar-refractivity contribution < 1.29 is 0 Å². The normalized spacial score (nSPS) is 11.5. The van der Waals surface area contributed by atoms with Gasteiger partial charge in [-0.05, 0) is 18.2 Å². The predicted molar refractivity (Wildman–Crippen MR) is 86.7 cm³/mol. The molecule has 4 nitrogen and oxygen atoms in total. The van der Waals surface area contributed by atoms with Crippen LogP contribution in [0.25, 0.3) is 11.4 Å². The second-order valence-corrected chi connectivity index (χ2v) is 6.77. The number of anilines is 1. The van der Waals surface area contributed by atoms with E-state index in [1.54, 1.807) is 0 Å². The Kier molecular flexibility index (Phi) is 4.32. The van der Waals surface area contributed by atoms with Crippen molar-refractivity contribution in [2.75, 3.05) is 5.43 Å². The molecule has 0 aliphatic heterocycles. The molecule has 0 bridgehead atoms. The van der Waals surface area contributed by atoms with E-state index in [2.05, 4.69) is 52.1 Å². The topological polar surface area (TPSA) is 63.8 Å². The standard InChI is InChI=1S/C14H16BrClN4/c1-14(2,3)11-7-12(20-17)19-13(18-11)9-6-8(16)4-5-10(9)15/h4-7H,17H2,1-3H3,(H,18,19,20). The van der Waals surface area contributed by atoms with Gasteiger partial charge in [0.05, 0.1) is 5.69 Å². The first-order valence-corrected chi connectivity index (χ1v) is 7.30. The Morgan fingerprint density at radius 3 is 2.50 bits per heavy atom. The molecule has 1 heterocycles. The van der Waals surface area contributed by atoms with E-state index in [-0.39, 0.29) is 5.41 Å². The van der Waals surface area contributed by atoms with Gasteiger partial charge in [-0.25, -0.2) is 15.8 Å². The molecule has 2 rings (SSSR count). The Morgan fingerprint density at radius 1 is 1.20 bits per heavy atom. The summed E-state index contributed by atoms with van der Waals surface area (Å²) in [6, 6.07) is 7.36. The van der Waals surface area contributed by atoms with Crippen LogP contribution < -0.4 is 11.3 Å². The van der Waals surface area contributed by atoms with Crippen LogP contribution in [-0.2, 0) is 5.41 Å². The van der Waals surface area contributed by atoms with Gasteiger partial charge in [0, 0.05) is 26.5 Å². The molecule has 0 unspecified atom stereocenters. The Hall–Kier alpha value is -1.17. The van der Waals surface area contributed by atoms with Gasteiger partial charge in [0.25, 0.3) is 0 Å². The van der Waals surface area contributed by atoms with Crippen molar-refractivity contribution in [1.82, 2.24) is 9.97 Å². The molecule has 0 fully saturated rings. The zero-order valence-corrected chi connectivity index (χ0v) is 13.9. The number of nitrogen functional groups attached to an aromatic ring is 1. The molecule has 0 saturated heterocycles. The lowest BCUT2D eigenvalue weighted by atomic mass is 9.92. The Balaban J connectivity index is 2.64. The average Bonchev–Trinajstić information content (AvgIpc) is 2.40. The van der Waals surface area contributed by atoms with Crippen molar-refractivity contribution >= 4 is 33.3 Å². The van der Waals surface area contributed by atoms with Crippen LogP contribution in [0.4, 0.5) is 5.82 Å². The molecule has 0 radical (unpaired) electrons. The summed E-state index contributed by atoms with van der Waals surface area (Å²) in [5, 5.41) is 0.634. The van der Waals surface area contributed by atoms with Crippen molar-refractivity contribution in [2.24, 2.45) is 5.84 Å². The first kappa shape index (κ1) is 15.2. The molecule has 1 aromatic heterocycles. The van der Waals surface area contributed by atoms with Gasteiger partial charge in [-0.3, -0.25) is 0 Å². The summed E-state index contributed by atoms with van der Waals surface area (Å²) in [6.07, 6.45) is 0. The third-order valence-corrected chi connectivity index (χ3v) is 3.74. The summed E-state index contributed by atoms with van der Waals surface area (Å²) in [7, 11) is 0. The Labute approximate surface area is 131 Å². The lowest BCUT2D eigenvalue weighted by molar-refractivity contribution is 0.568. The molecule has 0 atom stereocenters. The van der Waals surface area contributed by atoms with E-state index in [1.165, 1.54) is 0 Å². The van der Waals surface area contributed by atoms with Crippen LogP contribution in [0.2, 0.25) is 5.02 Å². The van der Waals surface area contributed by atoms with Crippen LogP contribution in [0, 0.1) is 0 Å². The van der Waals surface area contributed by atoms with Crippen molar-refractivity contribution in [2.45, 2.75) is 26.2 Å². The minimum Gasteiger partial charge on any atom is -0.308 e. The highest BCUT2D eigenvalue weighted by Crippen LogP contribution is 2.31. The van der Waals surface area contributed by atoms with Gasteiger partial charge in [0.15, 0.2) is 5.82 Å². The molecule has 3 N–H and O–H groups in total. The smallest absolute Gasteiger partial charge is 0.163 e. The van der Waals surface area contributed by atoms with Gasteiger partial charge in [-0.15, -0.1) is 0 Å². The third-order valence-electron chi connectivity index (χ3n) is 2.81. The molecule has 0 saturated carbocycles. The van der Waals surface area contributed by atoms with Crippen LogP contribution in [0.15, 0.2) is 28.7 Å². The van der Waals surface area contributed by atoms with Crippen LogP contribution in [0.3, 0.4) is 0 Å². The first-order valence-electron chi connectivity index (χ1n) is 6.13. The molecule has 0 aliphatic carbocycles. The summed E-state index contributed by atoms with van der Waals surface area (Å²) in [5.74, 6) is 6.66. The van der Waals surface area contributed by atoms with Gasteiger partial charge in [-0.2, -0.15) is 0 Å². The van der Waals surface area contributed by atoms with E-state index < -0.39 is 0 Å². The molecule has 106 valence electrons. The average molecular weight is 356 g/mol. The number of halogens is 2. The monoisotopic (exact) mass is 354 g/mol. The molecular weight excluding hydrogens is 340 g/mol. The highest BCUT2D eigenvalue weighted by atomic mass is 79.9. The molecule has 1 aromatic carbocycles. The number of aromatic nitrogens is 2. The molecule has 0 spiro atoms. The van der Waals surface area contributed by atoms with Crippen molar-refractivity contribution in [3.05, 3.63) is 39.5 Å². The van der Waals surface area contributed by atoms with Gasteiger partial charge in [-0.1, -0.05) is 48.3 Å². The van der Waals surface area contributed by atoms with E-state index in [9.17, 15) is 0 Å². The number of hydrogen-bond acceptors (Lipinski definition) is 4. The fraction of sp³-hybridized carbons (Fsp3) is 0.286. The van der Waals surface area contributed by atoms with Gasteiger partial charge in [0.1, 0.15) is 5.82 Å². The number of hydrogen-bond donors (Lipinski definition) is 2. The summed E-state index contributed by atoms with van der Waals surface area (Å²) in [5.41, 5.74) is 4.22.